The minimum absolute atomic E-state index is 0.0474. The van der Waals surface area contributed by atoms with E-state index in [1.165, 1.54) is 19.2 Å². The van der Waals surface area contributed by atoms with E-state index in [1.807, 2.05) is 0 Å². The summed E-state index contributed by atoms with van der Waals surface area (Å²) in [5.74, 6) is 0.0769. The van der Waals surface area contributed by atoms with Gasteiger partial charge in [-0.2, -0.15) is 0 Å². The molecule has 0 amide bonds. The van der Waals surface area contributed by atoms with Gasteiger partial charge in [0.2, 0.25) is 0 Å². The number of alkyl halides is 1. The summed E-state index contributed by atoms with van der Waals surface area (Å²) in [7, 11) is -2.28. The molecule has 22 heavy (non-hydrogen) atoms. The molecule has 0 aliphatic carbocycles. The van der Waals surface area contributed by atoms with E-state index in [0.717, 1.165) is 0 Å². The summed E-state index contributed by atoms with van der Waals surface area (Å²) >= 11 is 17.7. The van der Waals surface area contributed by atoms with E-state index in [0.29, 0.717) is 10.6 Å². The van der Waals surface area contributed by atoms with E-state index >= 15 is 0 Å². The molecule has 9 heteroatoms. The first kappa shape index (κ1) is 17.7. The van der Waals surface area contributed by atoms with E-state index in [4.69, 9.17) is 44.4 Å². The highest BCUT2D eigenvalue weighted by Gasteiger charge is 2.39. The summed E-state index contributed by atoms with van der Waals surface area (Å²) in [6.07, 6.45) is 0.120. The van der Waals surface area contributed by atoms with Crippen molar-refractivity contribution < 1.29 is 18.0 Å². The lowest BCUT2D eigenvalue weighted by Crippen LogP contribution is -2.28. The highest BCUT2D eigenvalue weighted by Crippen LogP contribution is 2.35. The van der Waals surface area contributed by atoms with Crippen molar-refractivity contribution in [2.75, 3.05) is 13.0 Å². The van der Waals surface area contributed by atoms with Crippen molar-refractivity contribution in [1.29, 1.82) is 0 Å². The van der Waals surface area contributed by atoms with Gasteiger partial charge in [0, 0.05) is 17.0 Å². The first-order valence-electron chi connectivity index (χ1n) is 6.26. The predicted molar refractivity (Wildman–Crippen MR) is 87.9 cm³/mol. The standard InChI is InChI=1S/C13H14Cl3NO4S/c1-13(7-14)5-11(17-21-13)22(18,19)6-8-3-9(15)4-10(16)12(8)20-2/h3-4H,5-7H2,1-2H3. The van der Waals surface area contributed by atoms with Crippen molar-refractivity contribution in [1.82, 2.24) is 0 Å². The first-order valence-corrected chi connectivity index (χ1v) is 9.21. The normalized spacial score (nSPS) is 21.4. The molecule has 0 saturated heterocycles. The zero-order valence-corrected chi connectivity index (χ0v) is 15.0. The van der Waals surface area contributed by atoms with Gasteiger partial charge < -0.3 is 9.57 Å². The van der Waals surface area contributed by atoms with Gasteiger partial charge in [0.25, 0.3) is 0 Å². The second-order valence-electron chi connectivity index (χ2n) is 5.18. The van der Waals surface area contributed by atoms with E-state index < -0.39 is 15.4 Å². The zero-order chi connectivity index (χ0) is 16.5. The molecule has 1 aliphatic rings. The lowest BCUT2D eigenvalue weighted by Gasteiger charge is -2.16. The van der Waals surface area contributed by atoms with Gasteiger partial charge in [-0.25, -0.2) is 8.42 Å². The van der Waals surface area contributed by atoms with Crippen LogP contribution in [0.15, 0.2) is 17.3 Å². The van der Waals surface area contributed by atoms with Gasteiger partial charge in [0.15, 0.2) is 20.5 Å². The maximum absolute atomic E-state index is 12.5. The Morgan fingerprint density at radius 2 is 2.09 bits per heavy atom. The molecular formula is C13H14Cl3NO4S. The molecule has 2 rings (SSSR count). The van der Waals surface area contributed by atoms with Crippen LogP contribution in [0.5, 0.6) is 5.75 Å². The SMILES string of the molecule is COc1c(Cl)cc(Cl)cc1CS(=O)(=O)C1=NOC(C)(CCl)C1. The van der Waals surface area contributed by atoms with Crippen LogP contribution in [0.2, 0.25) is 10.0 Å². The number of nitrogens with zero attached hydrogens (tertiary/aromatic N) is 1. The van der Waals surface area contributed by atoms with Crippen LogP contribution < -0.4 is 4.74 Å². The third-order valence-corrected chi connectivity index (χ3v) is 5.86. The Bertz CT molecular complexity index is 720. The molecule has 0 radical (unpaired) electrons. The van der Waals surface area contributed by atoms with E-state index in [1.54, 1.807) is 6.92 Å². The fourth-order valence-corrected chi connectivity index (χ4v) is 4.24. The van der Waals surface area contributed by atoms with E-state index in [9.17, 15) is 8.42 Å². The minimum Gasteiger partial charge on any atom is -0.495 e. The fraction of sp³-hybridized carbons (Fsp3) is 0.462. The molecule has 0 fully saturated rings. The van der Waals surface area contributed by atoms with Gasteiger partial charge in [0.1, 0.15) is 5.75 Å². The average molecular weight is 387 g/mol. The topological polar surface area (TPSA) is 65.0 Å². The Morgan fingerprint density at radius 3 is 2.64 bits per heavy atom. The molecule has 1 heterocycles. The van der Waals surface area contributed by atoms with E-state index in [2.05, 4.69) is 5.16 Å². The Labute approximate surface area is 144 Å². The van der Waals surface area contributed by atoms with Crippen molar-refractivity contribution in [3.63, 3.8) is 0 Å². The van der Waals surface area contributed by atoms with Crippen molar-refractivity contribution in [2.24, 2.45) is 5.16 Å². The van der Waals surface area contributed by atoms with E-state index in [-0.39, 0.29) is 33.9 Å². The molecule has 1 unspecified atom stereocenters. The summed E-state index contributed by atoms with van der Waals surface area (Å²) in [5.41, 5.74) is -0.442. The van der Waals surface area contributed by atoms with Gasteiger partial charge >= 0.3 is 0 Å². The highest BCUT2D eigenvalue weighted by molar-refractivity contribution is 8.05. The Balaban J connectivity index is 2.31. The van der Waals surface area contributed by atoms with Crippen LogP contribution in [0.25, 0.3) is 0 Å². The third-order valence-electron chi connectivity index (χ3n) is 3.17. The Kier molecular flexibility index (Phi) is 5.16. The number of ether oxygens (including phenoxy) is 1. The molecule has 0 bridgehead atoms. The number of benzene rings is 1. The van der Waals surface area contributed by atoms with Crippen LogP contribution in [-0.4, -0.2) is 32.1 Å². The lowest BCUT2D eigenvalue weighted by atomic mass is 10.1. The first-order chi connectivity index (χ1) is 10.2. The maximum atomic E-state index is 12.5. The number of halogens is 3. The third kappa shape index (κ3) is 3.62. The summed E-state index contributed by atoms with van der Waals surface area (Å²) in [6.45, 7) is 1.70. The number of methoxy groups -OCH3 is 1. The van der Waals surface area contributed by atoms with Gasteiger partial charge in [-0.1, -0.05) is 28.4 Å². The molecule has 122 valence electrons. The van der Waals surface area contributed by atoms with Crippen LogP contribution in [0.3, 0.4) is 0 Å². The molecule has 0 spiro atoms. The van der Waals surface area contributed by atoms with Crippen LogP contribution in [-0.2, 0) is 20.4 Å². The average Bonchev–Trinajstić information content (AvgIpc) is 2.82. The van der Waals surface area contributed by atoms with Gasteiger partial charge in [0.05, 0.1) is 23.8 Å². The molecule has 0 saturated carbocycles. The summed E-state index contributed by atoms with van der Waals surface area (Å²) in [5, 5.41) is 4.19. The summed E-state index contributed by atoms with van der Waals surface area (Å²) < 4.78 is 30.2. The Morgan fingerprint density at radius 1 is 1.41 bits per heavy atom. The highest BCUT2D eigenvalue weighted by atomic mass is 35.5. The molecule has 5 nitrogen and oxygen atoms in total. The zero-order valence-electron chi connectivity index (χ0n) is 11.9. The number of rotatable bonds is 4. The smallest absolute Gasteiger partial charge is 0.199 e. The van der Waals surface area contributed by atoms with Gasteiger partial charge in [-0.3, -0.25) is 0 Å². The maximum Gasteiger partial charge on any atom is 0.199 e. The van der Waals surface area contributed by atoms with Crippen molar-refractivity contribution >= 4 is 49.7 Å². The van der Waals surface area contributed by atoms with Gasteiger partial charge in [-0.05, 0) is 19.1 Å². The van der Waals surface area contributed by atoms with Gasteiger partial charge in [-0.15, -0.1) is 11.6 Å². The molecular weight excluding hydrogens is 373 g/mol. The second kappa shape index (κ2) is 6.43. The number of oxime groups is 1. The number of hydrogen-bond acceptors (Lipinski definition) is 5. The lowest BCUT2D eigenvalue weighted by molar-refractivity contribution is 0.0152. The monoisotopic (exact) mass is 385 g/mol. The predicted octanol–water partition coefficient (Wildman–Crippen LogP) is 3.65. The van der Waals surface area contributed by atoms with Crippen molar-refractivity contribution in [3.05, 3.63) is 27.7 Å². The summed E-state index contributed by atoms with van der Waals surface area (Å²) in [4.78, 5) is 5.12. The fourth-order valence-electron chi connectivity index (χ4n) is 2.02. The molecule has 0 N–H and O–H groups in total. The van der Waals surface area contributed by atoms with Crippen LogP contribution in [0.4, 0.5) is 0 Å². The number of sulfone groups is 1. The van der Waals surface area contributed by atoms with Crippen LogP contribution >= 0.6 is 34.8 Å². The largest absolute Gasteiger partial charge is 0.495 e. The minimum atomic E-state index is -3.69. The molecule has 1 aromatic rings. The molecule has 1 atom stereocenters. The quantitative estimate of drug-likeness (QED) is 0.741. The van der Waals surface area contributed by atoms with Crippen LogP contribution in [0.1, 0.15) is 18.9 Å². The Hall–Kier alpha value is -0.690. The van der Waals surface area contributed by atoms with Crippen molar-refractivity contribution in [3.8, 4) is 5.75 Å². The van der Waals surface area contributed by atoms with Crippen LogP contribution in [0, 0.1) is 0 Å². The molecule has 1 aliphatic heterocycles. The summed E-state index contributed by atoms with van der Waals surface area (Å²) in [6, 6.07) is 2.99. The van der Waals surface area contributed by atoms with Crippen molar-refractivity contribution in [2.45, 2.75) is 24.7 Å². The molecule has 1 aromatic carbocycles. The molecule has 0 aromatic heterocycles. The number of hydrogen-bond donors (Lipinski definition) is 0. The second-order valence-corrected chi connectivity index (χ2v) is 8.28.